The smallest absolute Gasteiger partial charge is 0.341 e. The Morgan fingerprint density at radius 3 is 2.45 bits per heavy atom. The maximum atomic E-state index is 13.7. The number of aromatic hydroxyl groups is 1. The van der Waals surface area contributed by atoms with Crippen LogP contribution in [-0.2, 0) is 19.1 Å². The summed E-state index contributed by atoms with van der Waals surface area (Å²) in [5.74, 6) is -1.74. The highest BCUT2D eigenvalue weighted by molar-refractivity contribution is 8.00. The van der Waals surface area contributed by atoms with Gasteiger partial charge in [0.1, 0.15) is 11.5 Å². The van der Waals surface area contributed by atoms with Crippen molar-refractivity contribution in [2.75, 3.05) is 38.7 Å². The number of carboxylic acids is 1. The van der Waals surface area contributed by atoms with Crippen molar-refractivity contribution >= 4 is 35.3 Å². The third kappa shape index (κ3) is 5.96. The van der Waals surface area contributed by atoms with Crippen LogP contribution in [0.15, 0.2) is 47.4 Å². The van der Waals surface area contributed by atoms with Gasteiger partial charge in [-0.3, -0.25) is 9.59 Å². The summed E-state index contributed by atoms with van der Waals surface area (Å²) in [6, 6.07) is 11.4. The van der Waals surface area contributed by atoms with Crippen molar-refractivity contribution in [2.45, 2.75) is 23.2 Å². The number of amides is 1. The second kappa shape index (κ2) is 10.6. The van der Waals surface area contributed by atoms with Crippen LogP contribution < -0.4 is 9.64 Å². The van der Waals surface area contributed by atoms with Crippen LogP contribution >= 0.6 is 11.8 Å². The summed E-state index contributed by atoms with van der Waals surface area (Å²) in [5, 5.41) is 18.1. The van der Waals surface area contributed by atoms with Gasteiger partial charge in [0, 0.05) is 20.0 Å². The summed E-state index contributed by atoms with van der Waals surface area (Å²) in [6.45, 7) is 1.57. The molecule has 2 N–H and O–H groups in total. The normalized spacial score (nSPS) is 17.9. The van der Waals surface area contributed by atoms with Crippen LogP contribution in [0.4, 0.5) is 5.69 Å². The Hall–Kier alpha value is -3.24. The van der Waals surface area contributed by atoms with Crippen molar-refractivity contribution in [3.05, 3.63) is 48.0 Å². The fourth-order valence-corrected chi connectivity index (χ4v) is 4.79. The summed E-state index contributed by atoms with van der Waals surface area (Å²) in [7, 11) is 3.76. The number of fused-ring (bicyclic) bond motifs is 1. The number of likely N-dealkylation sites (N-methyl/N-ethyl adjacent to an activating group) is 1. The van der Waals surface area contributed by atoms with Gasteiger partial charge in [-0.25, -0.2) is 4.79 Å². The largest absolute Gasteiger partial charge is 0.508 e. The molecule has 176 valence electrons. The number of carbonyl (C=O) groups excluding carboxylic acids is 2. The Bertz CT molecular complexity index is 1030. The first-order valence-electron chi connectivity index (χ1n) is 10.2. The number of benzene rings is 2. The first-order valence-corrected chi connectivity index (χ1v) is 11.1. The minimum absolute atomic E-state index is 0.0613. The first-order chi connectivity index (χ1) is 15.7. The summed E-state index contributed by atoms with van der Waals surface area (Å²) in [5.41, 5.74) is 1.21. The molecule has 0 saturated heterocycles. The monoisotopic (exact) mass is 474 g/mol. The molecule has 2 aromatic carbocycles. The average molecular weight is 475 g/mol. The lowest BCUT2D eigenvalue weighted by molar-refractivity contribution is -0.152. The van der Waals surface area contributed by atoms with Gasteiger partial charge in [-0.1, -0.05) is 18.2 Å². The van der Waals surface area contributed by atoms with E-state index in [1.54, 1.807) is 35.2 Å². The van der Waals surface area contributed by atoms with Crippen molar-refractivity contribution in [1.29, 1.82) is 0 Å². The molecular weight excluding hydrogens is 448 g/mol. The molecule has 1 heterocycles. The van der Waals surface area contributed by atoms with E-state index in [-0.39, 0.29) is 5.75 Å². The van der Waals surface area contributed by atoms with Gasteiger partial charge in [-0.15, -0.1) is 11.8 Å². The van der Waals surface area contributed by atoms with E-state index in [9.17, 15) is 19.5 Å². The molecule has 1 amide bonds. The lowest BCUT2D eigenvalue weighted by atomic mass is 10.1. The molecule has 0 aliphatic carbocycles. The highest BCUT2D eigenvalue weighted by Gasteiger charge is 2.41. The van der Waals surface area contributed by atoms with E-state index in [4.69, 9.17) is 14.6 Å². The summed E-state index contributed by atoms with van der Waals surface area (Å²) in [4.78, 5) is 40.8. The molecule has 1 aliphatic rings. The van der Waals surface area contributed by atoms with Gasteiger partial charge < -0.3 is 29.5 Å². The van der Waals surface area contributed by atoms with Crippen molar-refractivity contribution < 1.29 is 34.1 Å². The minimum Gasteiger partial charge on any atom is -0.508 e. The number of hydrogen-bond acceptors (Lipinski definition) is 8. The van der Waals surface area contributed by atoms with Crippen molar-refractivity contribution in [3.63, 3.8) is 0 Å². The number of anilines is 1. The van der Waals surface area contributed by atoms with Crippen LogP contribution in [0.1, 0.15) is 17.7 Å². The number of nitrogens with zero attached hydrogens (tertiary/aromatic N) is 2. The number of rotatable bonds is 8. The van der Waals surface area contributed by atoms with E-state index in [0.29, 0.717) is 35.0 Å². The third-order valence-corrected chi connectivity index (χ3v) is 6.33. The number of aliphatic carboxylic acids is 1. The standard InChI is InChI=1S/C23H26N2O7S/c1-14(26)32-20-21(15-7-9-16(27)10-8-15)33-22-17(25(23(20)30)12-11-24(2)3)5-4-6-18(22)31-13-19(28)29/h4-10,20-21,27H,11-13H2,1-3H3,(H,28,29)/t20-,21+/m1/s1. The van der Waals surface area contributed by atoms with Crippen molar-refractivity contribution in [1.82, 2.24) is 4.90 Å². The van der Waals surface area contributed by atoms with E-state index >= 15 is 0 Å². The summed E-state index contributed by atoms with van der Waals surface area (Å²) < 4.78 is 11.1. The number of esters is 1. The quantitative estimate of drug-likeness (QED) is 0.557. The molecule has 10 heteroatoms. The van der Waals surface area contributed by atoms with Crippen LogP contribution in [0, 0.1) is 0 Å². The fraction of sp³-hybridized carbons (Fsp3) is 0.348. The van der Waals surface area contributed by atoms with Gasteiger partial charge in [0.25, 0.3) is 5.91 Å². The zero-order chi connectivity index (χ0) is 24.1. The SMILES string of the molecule is CC(=O)O[C@H]1C(=O)N(CCN(C)C)c2cccc(OCC(=O)O)c2S[C@H]1c1ccc(O)cc1. The maximum Gasteiger partial charge on any atom is 0.341 e. The molecule has 0 radical (unpaired) electrons. The van der Waals surface area contributed by atoms with Gasteiger partial charge >= 0.3 is 11.9 Å². The van der Waals surface area contributed by atoms with E-state index < -0.39 is 35.8 Å². The van der Waals surface area contributed by atoms with Crippen molar-refractivity contribution in [3.8, 4) is 11.5 Å². The molecule has 0 bridgehead atoms. The van der Waals surface area contributed by atoms with Gasteiger partial charge in [-0.2, -0.15) is 0 Å². The zero-order valence-corrected chi connectivity index (χ0v) is 19.4. The minimum atomic E-state index is -1.14. The van der Waals surface area contributed by atoms with Gasteiger partial charge in [0.05, 0.1) is 15.8 Å². The highest BCUT2D eigenvalue weighted by atomic mass is 32.2. The van der Waals surface area contributed by atoms with E-state index in [1.165, 1.54) is 30.8 Å². The van der Waals surface area contributed by atoms with Crippen LogP contribution in [0.5, 0.6) is 11.5 Å². The molecule has 9 nitrogen and oxygen atoms in total. The Kier molecular flexibility index (Phi) is 7.83. The summed E-state index contributed by atoms with van der Waals surface area (Å²) in [6.07, 6.45) is -1.14. The highest BCUT2D eigenvalue weighted by Crippen LogP contribution is 2.50. The number of ether oxygens (including phenoxy) is 2. The zero-order valence-electron chi connectivity index (χ0n) is 18.6. The number of carboxylic acid groups (broad SMARTS) is 1. The molecule has 0 saturated carbocycles. The number of thioether (sulfide) groups is 1. The molecule has 0 fully saturated rings. The molecule has 0 unspecified atom stereocenters. The molecule has 1 aliphatic heterocycles. The second-order valence-corrected chi connectivity index (χ2v) is 8.89. The molecule has 0 aromatic heterocycles. The lowest BCUT2D eigenvalue weighted by Gasteiger charge is -2.28. The average Bonchev–Trinajstić information content (AvgIpc) is 2.86. The topological polar surface area (TPSA) is 117 Å². The van der Waals surface area contributed by atoms with E-state index in [2.05, 4.69) is 0 Å². The maximum absolute atomic E-state index is 13.7. The van der Waals surface area contributed by atoms with Crippen LogP contribution in [-0.4, -0.2) is 72.9 Å². The van der Waals surface area contributed by atoms with E-state index in [0.717, 1.165) is 0 Å². The Labute approximate surface area is 195 Å². The summed E-state index contributed by atoms with van der Waals surface area (Å²) >= 11 is 1.25. The first kappa shape index (κ1) is 24.4. The van der Waals surface area contributed by atoms with Gasteiger partial charge in [-0.05, 0) is 43.9 Å². The predicted molar refractivity (Wildman–Crippen MR) is 123 cm³/mol. The van der Waals surface area contributed by atoms with Crippen molar-refractivity contribution in [2.24, 2.45) is 0 Å². The number of carbonyl (C=O) groups is 3. The number of hydrogen-bond donors (Lipinski definition) is 2. The van der Waals surface area contributed by atoms with Crippen LogP contribution in [0.25, 0.3) is 0 Å². The molecule has 33 heavy (non-hydrogen) atoms. The molecule has 2 atom stereocenters. The molecule has 2 aromatic rings. The third-order valence-electron chi connectivity index (χ3n) is 4.91. The predicted octanol–water partition coefficient (Wildman–Crippen LogP) is 2.53. The second-order valence-electron chi connectivity index (χ2n) is 7.74. The van der Waals surface area contributed by atoms with Gasteiger partial charge in [0.2, 0.25) is 0 Å². The van der Waals surface area contributed by atoms with Crippen LogP contribution in [0.3, 0.4) is 0 Å². The molecule has 3 rings (SSSR count). The Balaban J connectivity index is 2.15. The fourth-order valence-electron chi connectivity index (χ4n) is 3.41. The van der Waals surface area contributed by atoms with E-state index in [1.807, 2.05) is 19.0 Å². The van der Waals surface area contributed by atoms with Gasteiger partial charge in [0.15, 0.2) is 12.7 Å². The molecular formula is C23H26N2O7S. The lowest BCUT2D eigenvalue weighted by Crippen LogP contribution is -2.45. The Morgan fingerprint density at radius 1 is 1.15 bits per heavy atom. The molecule has 0 spiro atoms. The Morgan fingerprint density at radius 2 is 1.85 bits per heavy atom. The van der Waals surface area contributed by atoms with Crippen LogP contribution in [0.2, 0.25) is 0 Å². The number of phenols is 1. The number of phenolic OH excluding ortho intramolecular Hbond substituents is 1.